The molecule has 2 heterocycles. The summed E-state index contributed by atoms with van der Waals surface area (Å²) in [5.41, 5.74) is 4.39. The molecular formula is C22H29NS2. The normalized spacial score (nSPS) is 15.1. The molecule has 1 nitrogen and oxygen atoms in total. The highest BCUT2D eigenvalue weighted by Gasteiger charge is 2.22. The van der Waals surface area contributed by atoms with E-state index in [1.165, 1.54) is 39.5 Å². The molecule has 0 aliphatic carbocycles. The van der Waals surface area contributed by atoms with Crippen molar-refractivity contribution in [2.45, 2.75) is 47.6 Å². The number of hydrogen-bond acceptors (Lipinski definition) is 3. The molecule has 0 fully saturated rings. The minimum absolute atomic E-state index is 0.661. The second-order valence-corrected chi connectivity index (χ2v) is 9.00. The van der Waals surface area contributed by atoms with Crippen LogP contribution < -0.4 is 0 Å². The van der Waals surface area contributed by atoms with Gasteiger partial charge in [-0.2, -0.15) is 0 Å². The Hall–Kier alpha value is -1.45. The second-order valence-electron chi connectivity index (χ2n) is 6.77. The third-order valence-electron chi connectivity index (χ3n) is 4.26. The Kier molecular flexibility index (Phi) is 7.86. The van der Waals surface area contributed by atoms with Crippen molar-refractivity contribution < 1.29 is 0 Å². The lowest BCUT2D eigenvalue weighted by Crippen LogP contribution is -2.03. The van der Waals surface area contributed by atoms with Gasteiger partial charge < -0.3 is 4.90 Å². The number of allylic oxidation sites excluding steroid dienone is 1. The summed E-state index contributed by atoms with van der Waals surface area (Å²) in [5.74, 6) is 0.661. The first-order chi connectivity index (χ1) is 12.0. The Balaban J connectivity index is 0.000000399. The Morgan fingerprint density at radius 2 is 2.00 bits per heavy atom. The molecule has 0 unspecified atom stereocenters. The number of hydrogen-bond donors (Lipinski definition) is 0. The van der Waals surface area contributed by atoms with E-state index in [1.54, 1.807) is 11.8 Å². The first-order valence-electron chi connectivity index (χ1n) is 8.77. The first kappa shape index (κ1) is 19.9. The largest absolute Gasteiger partial charge is 0.384 e. The molecule has 0 N–H and O–H groups in total. The SMILES string of the molecule is C=C(C)CCC[C@H]1Cc2ccsc2Sc2ccccc21.C=CN(C)C. The van der Waals surface area contributed by atoms with Gasteiger partial charge in [-0.3, -0.25) is 0 Å². The van der Waals surface area contributed by atoms with Gasteiger partial charge in [0.2, 0.25) is 0 Å². The van der Waals surface area contributed by atoms with Gasteiger partial charge in [0.25, 0.3) is 0 Å². The van der Waals surface area contributed by atoms with E-state index in [9.17, 15) is 0 Å². The van der Waals surface area contributed by atoms with E-state index in [4.69, 9.17) is 0 Å². The Morgan fingerprint density at radius 1 is 1.28 bits per heavy atom. The second kappa shape index (κ2) is 9.88. The van der Waals surface area contributed by atoms with E-state index in [2.05, 4.69) is 55.8 Å². The van der Waals surface area contributed by atoms with Crippen LogP contribution in [0.3, 0.4) is 0 Å². The van der Waals surface area contributed by atoms with E-state index in [0.717, 1.165) is 6.42 Å². The van der Waals surface area contributed by atoms with Crippen molar-refractivity contribution in [3.05, 3.63) is 71.8 Å². The quantitative estimate of drug-likeness (QED) is 0.522. The average Bonchev–Trinajstić information content (AvgIpc) is 2.95. The maximum Gasteiger partial charge on any atom is 0.0678 e. The Bertz CT molecular complexity index is 700. The lowest BCUT2D eigenvalue weighted by Gasteiger charge is -2.17. The van der Waals surface area contributed by atoms with Gasteiger partial charge in [0, 0.05) is 19.0 Å². The molecule has 0 bridgehead atoms. The highest BCUT2D eigenvalue weighted by molar-refractivity contribution is 8.01. The molecule has 1 atom stereocenters. The molecule has 134 valence electrons. The zero-order valence-corrected chi connectivity index (χ0v) is 17.3. The van der Waals surface area contributed by atoms with Crippen LogP contribution in [0.1, 0.15) is 43.2 Å². The standard InChI is InChI=1S/C18H20S2.C4H9N/c1-13(2)6-5-7-14-12-15-10-11-19-18(15)20-17-9-4-3-8-16(14)17;1-4-5(2)3/h3-4,8-11,14H,1,5-7,12H2,2H3;4H,1H2,2-3H3/t14-;/m0./s1. The van der Waals surface area contributed by atoms with Crippen LogP contribution in [0.15, 0.2) is 69.7 Å². The van der Waals surface area contributed by atoms with Crippen molar-refractivity contribution in [2.75, 3.05) is 14.1 Å². The van der Waals surface area contributed by atoms with Crippen molar-refractivity contribution in [1.29, 1.82) is 0 Å². The average molecular weight is 372 g/mol. The van der Waals surface area contributed by atoms with Crippen LogP contribution in [0, 0.1) is 0 Å². The van der Waals surface area contributed by atoms with E-state index < -0.39 is 0 Å². The summed E-state index contributed by atoms with van der Waals surface area (Å²) in [5, 5.41) is 2.23. The van der Waals surface area contributed by atoms with Crippen LogP contribution in [0.5, 0.6) is 0 Å². The van der Waals surface area contributed by atoms with Gasteiger partial charge in [-0.1, -0.05) is 42.1 Å². The minimum atomic E-state index is 0.661. The van der Waals surface area contributed by atoms with Crippen LogP contribution in [-0.2, 0) is 6.42 Å². The fraction of sp³-hybridized carbons (Fsp3) is 0.364. The van der Waals surface area contributed by atoms with Gasteiger partial charge in [-0.25, -0.2) is 0 Å². The summed E-state index contributed by atoms with van der Waals surface area (Å²) in [7, 11) is 3.88. The molecule has 3 rings (SSSR count). The predicted octanol–water partition coefficient (Wildman–Crippen LogP) is 6.98. The Labute approximate surface area is 161 Å². The monoisotopic (exact) mass is 371 g/mol. The minimum Gasteiger partial charge on any atom is -0.384 e. The van der Waals surface area contributed by atoms with Crippen LogP contribution in [0.2, 0.25) is 0 Å². The van der Waals surface area contributed by atoms with Crippen LogP contribution in [0.4, 0.5) is 0 Å². The summed E-state index contributed by atoms with van der Waals surface area (Å²) in [6, 6.07) is 11.3. The van der Waals surface area contributed by atoms with Gasteiger partial charge in [0.1, 0.15) is 0 Å². The van der Waals surface area contributed by atoms with Gasteiger partial charge >= 0.3 is 0 Å². The summed E-state index contributed by atoms with van der Waals surface area (Å²) in [4.78, 5) is 3.34. The molecule has 0 spiro atoms. The smallest absolute Gasteiger partial charge is 0.0678 e. The molecule has 25 heavy (non-hydrogen) atoms. The molecule has 0 saturated heterocycles. The fourth-order valence-electron chi connectivity index (χ4n) is 2.86. The number of thiophene rings is 1. The third-order valence-corrected chi connectivity index (χ3v) is 6.58. The predicted molar refractivity (Wildman–Crippen MR) is 114 cm³/mol. The molecule has 0 radical (unpaired) electrons. The maximum atomic E-state index is 4.03. The van der Waals surface area contributed by atoms with E-state index in [1.807, 2.05) is 42.1 Å². The molecule has 0 saturated carbocycles. The number of fused-ring (bicyclic) bond motifs is 2. The van der Waals surface area contributed by atoms with Crippen LogP contribution in [-0.4, -0.2) is 19.0 Å². The van der Waals surface area contributed by atoms with Gasteiger partial charge in [-0.05, 0) is 73.4 Å². The van der Waals surface area contributed by atoms with Gasteiger partial charge in [0.05, 0.1) is 4.21 Å². The molecule has 3 heteroatoms. The van der Waals surface area contributed by atoms with Crippen LogP contribution >= 0.6 is 23.1 Å². The topological polar surface area (TPSA) is 3.24 Å². The zero-order valence-electron chi connectivity index (χ0n) is 15.6. The highest BCUT2D eigenvalue weighted by Crippen LogP contribution is 2.45. The third kappa shape index (κ3) is 6.09. The summed E-state index contributed by atoms with van der Waals surface area (Å²) < 4.78 is 1.49. The molecule has 1 aliphatic heterocycles. The number of rotatable bonds is 5. The van der Waals surface area contributed by atoms with Crippen molar-refractivity contribution in [3.63, 3.8) is 0 Å². The summed E-state index contributed by atoms with van der Waals surface area (Å²) >= 11 is 3.84. The van der Waals surface area contributed by atoms with Crippen molar-refractivity contribution >= 4 is 23.1 Å². The summed E-state index contributed by atoms with van der Waals surface area (Å²) in [6.07, 6.45) is 6.61. The van der Waals surface area contributed by atoms with E-state index >= 15 is 0 Å². The molecule has 1 aromatic heterocycles. The molecule has 0 amide bonds. The number of benzene rings is 1. The zero-order chi connectivity index (χ0) is 18.2. The first-order valence-corrected chi connectivity index (χ1v) is 10.5. The lowest BCUT2D eigenvalue weighted by molar-refractivity contribution is 0.566. The molecule has 1 aromatic carbocycles. The van der Waals surface area contributed by atoms with Gasteiger partial charge in [0.15, 0.2) is 0 Å². The van der Waals surface area contributed by atoms with Crippen LogP contribution in [0.25, 0.3) is 0 Å². The van der Waals surface area contributed by atoms with Crippen molar-refractivity contribution in [3.8, 4) is 0 Å². The highest BCUT2D eigenvalue weighted by atomic mass is 32.2. The van der Waals surface area contributed by atoms with Crippen molar-refractivity contribution in [2.24, 2.45) is 0 Å². The number of nitrogens with zero attached hydrogens (tertiary/aromatic N) is 1. The van der Waals surface area contributed by atoms with E-state index in [-0.39, 0.29) is 0 Å². The van der Waals surface area contributed by atoms with Gasteiger partial charge in [-0.15, -0.1) is 17.9 Å². The summed E-state index contributed by atoms with van der Waals surface area (Å²) in [6.45, 7) is 9.64. The maximum absolute atomic E-state index is 4.03. The van der Waals surface area contributed by atoms with Crippen molar-refractivity contribution in [1.82, 2.24) is 4.90 Å². The molecule has 2 aromatic rings. The Morgan fingerprint density at radius 3 is 2.68 bits per heavy atom. The van der Waals surface area contributed by atoms with E-state index in [0.29, 0.717) is 5.92 Å². The lowest BCUT2D eigenvalue weighted by atomic mass is 9.88. The molecule has 1 aliphatic rings. The fourth-order valence-corrected chi connectivity index (χ4v) is 5.12. The molecular weight excluding hydrogens is 342 g/mol.